The number of nitrogens with zero attached hydrogens (tertiary/aromatic N) is 3. The van der Waals surface area contributed by atoms with E-state index in [0.29, 0.717) is 10.4 Å². The predicted molar refractivity (Wildman–Crippen MR) is 83.5 cm³/mol. The van der Waals surface area contributed by atoms with Gasteiger partial charge in [-0.3, -0.25) is 0 Å². The van der Waals surface area contributed by atoms with Gasteiger partial charge in [0.15, 0.2) is 11.6 Å². The Balaban J connectivity index is 1.83. The molecule has 3 N–H and O–H groups in total. The molecule has 0 unspecified atom stereocenters. The second-order valence-electron chi connectivity index (χ2n) is 4.76. The Bertz CT molecular complexity index is 589. The molecule has 1 aromatic carbocycles. The molecule has 1 aromatic heterocycles. The summed E-state index contributed by atoms with van der Waals surface area (Å²) in [6.45, 7) is 2.60. The fourth-order valence-electron chi connectivity index (χ4n) is 2.45. The largest absolute Gasteiger partial charge is 0.381 e. The van der Waals surface area contributed by atoms with Gasteiger partial charge < -0.3 is 16.0 Å². The van der Waals surface area contributed by atoms with Gasteiger partial charge in [-0.05, 0) is 21.5 Å². The molecule has 6 heteroatoms. The lowest BCUT2D eigenvalue weighted by molar-refractivity contribution is 0.469. The van der Waals surface area contributed by atoms with Gasteiger partial charge in [-0.25, -0.2) is 9.97 Å². The van der Waals surface area contributed by atoms with Crippen molar-refractivity contribution in [2.24, 2.45) is 0 Å². The van der Waals surface area contributed by atoms with Crippen molar-refractivity contribution in [3.05, 3.63) is 46.7 Å². The van der Waals surface area contributed by atoms with Crippen LogP contribution in [0.25, 0.3) is 0 Å². The summed E-state index contributed by atoms with van der Waals surface area (Å²) in [6.07, 6.45) is 1.62. The molecule has 3 rings (SSSR count). The molecule has 0 bridgehead atoms. The Kier molecular flexibility index (Phi) is 3.84. The third kappa shape index (κ3) is 2.76. The van der Waals surface area contributed by atoms with Gasteiger partial charge in [-0.2, -0.15) is 0 Å². The van der Waals surface area contributed by atoms with Crippen LogP contribution in [0.2, 0.25) is 0 Å². The summed E-state index contributed by atoms with van der Waals surface area (Å²) in [4.78, 5) is 10.8. The van der Waals surface area contributed by atoms with Gasteiger partial charge in [-0.1, -0.05) is 30.3 Å². The molecule has 1 fully saturated rings. The van der Waals surface area contributed by atoms with Crippen molar-refractivity contribution in [2.45, 2.75) is 6.04 Å². The Morgan fingerprint density at radius 3 is 2.90 bits per heavy atom. The molecule has 104 valence electrons. The van der Waals surface area contributed by atoms with Crippen LogP contribution in [0.1, 0.15) is 11.6 Å². The lowest BCUT2D eigenvalue weighted by Crippen LogP contribution is -2.46. The predicted octanol–water partition coefficient (Wildman–Crippen LogP) is 1.97. The highest BCUT2D eigenvalue weighted by Crippen LogP contribution is 2.25. The van der Waals surface area contributed by atoms with E-state index in [4.69, 9.17) is 5.73 Å². The molecule has 0 radical (unpaired) electrons. The first kappa shape index (κ1) is 13.3. The highest BCUT2D eigenvalue weighted by atomic mass is 79.9. The summed E-state index contributed by atoms with van der Waals surface area (Å²) in [7, 11) is 0. The SMILES string of the molecule is Nc1ncc(Br)nc1N1CCN[C@H](c2ccccc2)C1. The number of rotatable bonds is 2. The number of halogens is 1. The third-order valence-corrected chi connectivity index (χ3v) is 3.81. The Morgan fingerprint density at radius 2 is 2.10 bits per heavy atom. The van der Waals surface area contributed by atoms with Gasteiger partial charge in [0.25, 0.3) is 0 Å². The molecule has 0 amide bonds. The summed E-state index contributed by atoms with van der Waals surface area (Å²) >= 11 is 3.35. The molecule has 2 aromatic rings. The fourth-order valence-corrected chi connectivity index (χ4v) is 2.72. The average molecular weight is 334 g/mol. The highest BCUT2D eigenvalue weighted by molar-refractivity contribution is 9.10. The Hall–Kier alpha value is -1.66. The van der Waals surface area contributed by atoms with E-state index in [9.17, 15) is 0 Å². The van der Waals surface area contributed by atoms with Crippen molar-refractivity contribution in [2.75, 3.05) is 30.3 Å². The van der Waals surface area contributed by atoms with Gasteiger partial charge in [0.05, 0.1) is 6.20 Å². The molecule has 0 saturated carbocycles. The maximum Gasteiger partial charge on any atom is 0.172 e. The summed E-state index contributed by atoms with van der Waals surface area (Å²) in [5.74, 6) is 1.23. The van der Waals surface area contributed by atoms with Crippen LogP contribution in [0.4, 0.5) is 11.6 Å². The first-order valence-corrected chi connectivity index (χ1v) is 7.34. The van der Waals surface area contributed by atoms with E-state index in [1.54, 1.807) is 6.20 Å². The van der Waals surface area contributed by atoms with E-state index >= 15 is 0 Å². The van der Waals surface area contributed by atoms with Crippen molar-refractivity contribution >= 4 is 27.6 Å². The van der Waals surface area contributed by atoms with Crippen LogP contribution in [0.5, 0.6) is 0 Å². The van der Waals surface area contributed by atoms with Crippen LogP contribution in [0.3, 0.4) is 0 Å². The first-order chi connectivity index (χ1) is 9.74. The van der Waals surface area contributed by atoms with Gasteiger partial charge >= 0.3 is 0 Å². The minimum absolute atomic E-state index is 0.283. The van der Waals surface area contributed by atoms with Crippen molar-refractivity contribution in [3.63, 3.8) is 0 Å². The monoisotopic (exact) mass is 333 g/mol. The number of benzene rings is 1. The van der Waals surface area contributed by atoms with Crippen LogP contribution >= 0.6 is 15.9 Å². The quantitative estimate of drug-likeness (QED) is 0.879. The van der Waals surface area contributed by atoms with Crippen molar-refractivity contribution in [1.29, 1.82) is 0 Å². The molecule has 2 heterocycles. The molecule has 1 atom stereocenters. The van der Waals surface area contributed by atoms with Gasteiger partial charge in [0.1, 0.15) is 4.60 Å². The van der Waals surface area contributed by atoms with E-state index in [1.807, 2.05) is 6.07 Å². The number of nitrogen functional groups attached to an aromatic ring is 1. The minimum Gasteiger partial charge on any atom is -0.381 e. The van der Waals surface area contributed by atoms with E-state index in [1.165, 1.54) is 5.56 Å². The zero-order valence-electron chi connectivity index (χ0n) is 11.0. The van der Waals surface area contributed by atoms with E-state index < -0.39 is 0 Å². The van der Waals surface area contributed by atoms with Crippen LogP contribution in [0, 0.1) is 0 Å². The topological polar surface area (TPSA) is 67.1 Å². The smallest absolute Gasteiger partial charge is 0.172 e. The summed E-state index contributed by atoms with van der Waals surface area (Å²) < 4.78 is 0.705. The number of hydrogen-bond acceptors (Lipinski definition) is 5. The summed E-state index contributed by atoms with van der Waals surface area (Å²) in [6, 6.07) is 10.7. The second kappa shape index (κ2) is 5.76. The maximum atomic E-state index is 5.95. The van der Waals surface area contributed by atoms with Crippen LogP contribution in [0.15, 0.2) is 41.1 Å². The highest BCUT2D eigenvalue weighted by Gasteiger charge is 2.23. The lowest BCUT2D eigenvalue weighted by atomic mass is 10.0. The first-order valence-electron chi connectivity index (χ1n) is 6.55. The lowest BCUT2D eigenvalue weighted by Gasteiger charge is -2.35. The standard InChI is InChI=1S/C14H16BrN5/c15-12-8-18-13(16)14(19-12)20-7-6-17-11(9-20)10-4-2-1-3-5-10/h1-5,8,11,17H,6-7,9H2,(H2,16,18)/t11-/m0/s1. The van der Waals surface area contributed by atoms with E-state index in [-0.39, 0.29) is 6.04 Å². The molecule has 20 heavy (non-hydrogen) atoms. The summed E-state index contributed by atoms with van der Waals surface area (Å²) in [5.41, 5.74) is 7.22. The number of nitrogens with two attached hydrogens (primary N) is 1. The molecule has 1 saturated heterocycles. The van der Waals surface area contributed by atoms with Gasteiger partial charge in [0, 0.05) is 25.7 Å². The normalized spacial score (nSPS) is 19.1. The van der Waals surface area contributed by atoms with Crippen molar-refractivity contribution < 1.29 is 0 Å². The van der Waals surface area contributed by atoms with Crippen LogP contribution in [-0.2, 0) is 0 Å². The number of nitrogens with one attached hydrogen (secondary N) is 1. The average Bonchev–Trinajstić information content (AvgIpc) is 2.51. The molecule has 0 aliphatic carbocycles. The third-order valence-electron chi connectivity index (χ3n) is 3.43. The summed E-state index contributed by atoms with van der Waals surface area (Å²) in [5, 5.41) is 3.53. The van der Waals surface area contributed by atoms with E-state index in [2.05, 4.69) is 60.4 Å². The fraction of sp³-hybridized carbons (Fsp3) is 0.286. The molecule has 5 nitrogen and oxygen atoms in total. The Labute approximate surface area is 126 Å². The van der Waals surface area contributed by atoms with Crippen molar-refractivity contribution in [1.82, 2.24) is 15.3 Å². The minimum atomic E-state index is 0.283. The molecular formula is C14H16BrN5. The number of piperazine rings is 1. The number of anilines is 2. The van der Waals surface area contributed by atoms with Crippen LogP contribution < -0.4 is 16.0 Å². The Morgan fingerprint density at radius 1 is 1.30 bits per heavy atom. The molecule has 1 aliphatic rings. The molecule has 1 aliphatic heterocycles. The van der Waals surface area contributed by atoms with Gasteiger partial charge in [-0.15, -0.1) is 0 Å². The second-order valence-corrected chi connectivity index (χ2v) is 5.58. The number of hydrogen-bond donors (Lipinski definition) is 2. The molecular weight excluding hydrogens is 318 g/mol. The van der Waals surface area contributed by atoms with Gasteiger partial charge in [0.2, 0.25) is 0 Å². The molecule has 0 spiro atoms. The number of aromatic nitrogens is 2. The zero-order valence-corrected chi connectivity index (χ0v) is 12.5. The maximum absolute atomic E-state index is 5.95. The zero-order chi connectivity index (χ0) is 13.9. The van der Waals surface area contributed by atoms with Crippen molar-refractivity contribution in [3.8, 4) is 0 Å². The van der Waals surface area contributed by atoms with Crippen LogP contribution in [-0.4, -0.2) is 29.6 Å². The van der Waals surface area contributed by atoms with E-state index in [0.717, 1.165) is 25.5 Å².